The van der Waals surface area contributed by atoms with Gasteiger partial charge in [0.25, 0.3) is 0 Å². The summed E-state index contributed by atoms with van der Waals surface area (Å²) in [5, 5.41) is 0. The van der Waals surface area contributed by atoms with Crippen molar-refractivity contribution in [1.29, 1.82) is 0 Å². The Morgan fingerprint density at radius 2 is 2.09 bits per heavy atom. The number of carbonyl (C=O) groups excluding carboxylic acids is 3. The molecule has 0 spiro atoms. The van der Waals surface area contributed by atoms with E-state index in [-0.39, 0.29) is 24.2 Å². The molecular weight excluding hydrogens is 294 g/mol. The minimum atomic E-state index is -0.431. The van der Waals surface area contributed by atoms with E-state index in [9.17, 15) is 14.4 Å². The van der Waals surface area contributed by atoms with Crippen molar-refractivity contribution in [3.63, 3.8) is 0 Å². The van der Waals surface area contributed by atoms with Crippen LogP contribution in [0.25, 0.3) is 0 Å². The van der Waals surface area contributed by atoms with Crippen LogP contribution in [0.1, 0.15) is 12.8 Å². The van der Waals surface area contributed by atoms with Crippen LogP contribution in [-0.2, 0) is 19.1 Å². The van der Waals surface area contributed by atoms with Crippen LogP contribution in [0.15, 0.2) is 58.7 Å². The van der Waals surface area contributed by atoms with E-state index in [4.69, 9.17) is 4.74 Å². The quantitative estimate of drug-likeness (QED) is 0.545. The number of methoxy groups -OCH3 is 1. The summed E-state index contributed by atoms with van der Waals surface area (Å²) in [7, 11) is 3.03. The number of fused-ring (bicyclic) bond motifs is 2. The molecule has 0 aromatic heterocycles. The maximum absolute atomic E-state index is 12.4. The van der Waals surface area contributed by atoms with Crippen LogP contribution in [0.5, 0.6) is 0 Å². The van der Waals surface area contributed by atoms with E-state index in [0.717, 1.165) is 22.3 Å². The molecular formula is C18H17NO4. The predicted molar refractivity (Wildman–Crippen MR) is 84.3 cm³/mol. The number of esters is 1. The highest BCUT2D eigenvalue weighted by atomic mass is 16.5. The maximum atomic E-state index is 12.4. The molecule has 5 nitrogen and oxygen atoms in total. The number of hydrogen-bond acceptors (Lipinski definition) is 4. The summed E-state index contributed by atoms with van der Waals surface area (Å²) in [6.45, 7) is 0. The lowest BCUT2D eigenvalue weighted by Crippen LogP contribution is -2.39. The van der Waals surface area contributed by atoms with E-state index in [1.807, 2.05) is 12.2 Å². The van der Waals surface area contributed by atoms with Crippen LogP contribution in [0.2, 0.25) is 0 Å². The Morgan fingerprint density at radius 3 is 2.83 bits per heavy atom. The number of hydrogen-bond donors (Lipinski definition) is 0. The van der Waals surface area contributed by atoms with Gasteiger partial charge in [-0.3, -0.25) is 9.59 Å². The van der Waals surface area contributed by atoms with Crippen molar-refractivity contribution in [3.8, 4) is 0 Å². The molecule has 1 unspecified atom stereocenters. The van der Waals surface area contributed by atoms with Crippen LogP contribution in [0.4, 0.5) is 0 Å². The first-order chi connectivity index (χ1) is 11.0. The highest BCUT2D eigenvalue weighted by molar-refractivity contribution is 5.97. The van der Waals surface area contributed by atoms with Gasteiger partial charge in [0.2, 0.25) is 5.91 Å². The monoisotopic (exact) mass is 311 g/mol. The van der Waals surface area contributed by atoms with Gasteiger partial charge in [-0.25, -0.2) is 4.79 Å². The van der Waals surface area contributed by atoms with Gasteiger partial charge in [-0.15, -0.1) is 0 Å². The van der Waals surface area contributed by atoms with Crippen molar-refractivity contribution >= 4 is 17.7 Å². The molecule has 3 aliphatic rings. The normalized spacial score (nSPS) is 25.1. The molecule has 3 rings (SSSR count). The summed E-state index contributed by atoms with van der Waals surface area (Å²) in [5.74, 6) is -0.587. The molecule has 0 saturated carbocycles. The number of ketones is 1. The Morgan fingerprint density at radius 1 is 1.30 bits per heavy atom. The van der Waals surface area contributed by atoms with Gasteiger partial charge in [-0.2, -0.15) is 0 Å². The molecule has 118 valence electrons. The van der Waals surface area contributed by atoms with E-state index in [1.165, 1.54) is 19.3 Å². The van der Waals surface area contributed by atoms with E-state index in [0.29, 0.717) is 6.42 Å². The number of likely N-dealkylation sites (N-methyl/N-ethyl adjacent to an activating group) is 1. The standard InChI is InChI=1S/C18H17NO4/c1-19-15-10-13(20)6-7-14(15)18-11(8-16(19)21)4-3-5-12(18)9-17(22)23-2/h3-4,6-9,15H,5,10H2,1-2H3. The Balaban J connectivity index is 2.24. The van der Waals surface area contributed by atoms with Crippen LogP contribution in [0.3, 0.4) is 0 Å². The first kappa shape index (κ1) is 15.2. The number of carbonyl (C=O) groups is 3. The Kier molecular flexibility index (Phi) is 3.86. The third kappa shape index (κ3) is 2.70. The molecule has 1 aliphatic heterocycles. The maximum Gasteiger partial charge on any atom is 0.330 e. The van der Waals surface area contributed by atoms with E-state index in [1.54, 1.807) is 24.1 Å². The fraction of sp³-hybridized carbons (Fsp3) is 0.278. The van der Waals surface area contributed by atoms with Gasteiger partial charge in [0.05, 0.1) is 13.2 Å². The summed E-state index contributed by atoms with van der Waals surface area (Å²) >= 11 is 0. The average molecular weight is 311 g/mol. The zero-order valence-electron chi connectivity index (χ0n) is 13.0. The molecule has 0 radical (unpaired) electrons. The number of nitrogens with zero attached hydrogens (tertiary/aromatic N) is 1. The van der Waals surface area contributed by atoms with Crippen LogP contribution in [-0.4, -0.2) is 42.8 Å². The molecule has 5 heteroatoms. The highest BCUT2D eigenvalue weighted by Gasteiger charge is 2.33. The van der Waals surface area contributed by atoms with Gasteiger partial charge in [-0.1, -0.05) is 18.2 Å². The topological polar surface area (TPSA) is 63.7 Å². The lowest BCUT2D eigenvalue weighted by Gasteiger charge is -2.30. The summed E-state index contributed by atoms with van der Waals surface area (Å²) in [6.07, 6.45) is 10.9. The number of allylic oxidation sites excluding steroid dienone is 6. The van der Waals surface area contributed by atoms with Gasteiger partial charge in [0.1, 0.15) is 0 Å². The molecule has 2 aliphatic carbocycles. The number of amides is 1. The minimum Gasteiger partial charge on any atom is -0.466 e. The van der Waals surface area contributed by atoms with Gasteiger partial charge < -0.3 is 9.64 Å². The molecule has 0 bridgehead atoms. The van der Waals surface area contributed by atoms with Gasteiger partial charge in [0, 0.05) is 25.6 Å². The SMILES string of the molecule is COC(=O)C=C1CC=CC2=CC(=O)N(C)C3CC(=O)C=CC3=C21. The number of ether oxygens (including phenoxy) is 1. The van der Waals surface area contributed by atoms with Crippen molar-refractivity contribution in [1.82, 2.24) is 4.90 Å². The van der Waals surface area contributed by atoms with Crippen molar-refractivity contribution in [3.05, 3.63) is 58.7 Å². The van der Waals surface area contributed by atoms with E-state index >= 15 is 0 Å². The van der Waals surface area contributed by atoms with Gasteiger partial charge >= 0.3 is 5.97 Å². The van der Waals surface area contributed by atoms with E-state index in [2.05, 4.69) is 0 Å². The minimum absolute atomic E-state index is 0.00713. The highest BCUT2D eigenvalue weighted by Crippen LogP contribution is 2.38. The fourth-order valence-corrected chi connectivity index (χ4v) is 3.13. The zero-order chi connectivity index (χ0) is 16.6. The molecule has 0 fully saturated rings. The summed E-state index contributed by atoms with van der Waals surface area (Å²) in [5.41, 5.74) is 3.31. The second-order valence-electron chi connectivity index (χ2n) is 5.70. The average Bonchev–Trinajstić information content (AvgIpc) is 2.64. The molecule has 1 amide bonds. The molecule has 0 aromatic carbocycles. The molecule has 0 aromatic rings. The number of rotatable bonds is 1. The Labute approximate surface area is 134 Å². The zero-order valence-corrected chi connectivity index (χ0v) is 13.0. The Hall–Kier alpha value is -2.69. The van der Waals surface area contributed by atoms with Gasteiger partial charge in [-0.05, 0) is 34.8 Å². The molecule has 1 heterocycles. The molecule has 0 N–H and O–H groups in total. The third-order valence-electron chi connectivity index (χ3n) is 4.32. The van der Waals surface area contributed by atoms with Crippen molar-refractivity contribution in [2.45, 2.75) is 18.9 Å². The summed E-state index contributed by atoms with van der Waals surface area (Å²) < 4.78 is 4.73. The third-order valence-corrected chi connectivity index (χ3v) is 4.32. The molecule has 23 heavy (non-hydrogen) atoms. The van der Waals surface area contributed by atoms with Gasteiger partial charge in [0.15, 0.2) is 5.78 Å². The predicted octanol–water partition coefficient (Wildman–Crippen LogP) is 1.64. The van der Waals surface area contributed by atoms with E-state index < -0.39 is 5.97 Å². The first-order valence-electron chi connectivity index (χ1n) is 7.40. The first-order valence-corrected chi connectivity index (χ1v) is 7.40. The molecule has 0 saturated heterocycles. The second-order valence-corrected chi connectivity index (χ2v) is 5.70. The second kappa shape index (κ2) is 5.83. The lowest BCUT2D eigenvalue weighted by atomic mass is 9.81. The fourth-order valence-electron chi connectivity index (χ4n) is 3.13. The van der Waals surface area contributed by atoms with Crippen molar-refractivity contribution in [2.75, 3.05) is 14.2 Å². The van der Waals surface area contributed by atoms with Crippen LogP contribution < -0.4 is 0 Å². The largest absolute Gasteiger partial charge is 0.466 e. The molecule has 1 atom stereocenters. The Bertz CT molecular complexity index is 749. The van der Waals surface area contributed by atoms with Crippen LogP contribution in [0, 0.1) is 0 Å². The van der Waals surface area contributed by atoms with Crippen LogP contribution >= 0.6 is 0 Å². The lowest BCUT2D eigenvalue weighted by molar-refractivity contribution is -0.135. The summed E-state index contributed by atoms with van der Waals surface area (Å²) in [4.78, 5) is 37.4. The summed E-state index contributed by atoms with van der Waals surface area (Å²) in [6, 6.07) is -0.309. The smallest absolute Gasteiger partial charge is 0.330 e. The van der Waals surface area contributed by atoms with Crippen molar-refractivity contribution in [2.24, 2.45) is 0 Å². The van der Waals surface area contributed by atoms with Crippen molar-refractivity contribution < 1.29 is 19.1 Å².